The van der Waals surface area contributed by atoms with E-state index in [1.807, 2.05) is 26.8 Å². The zero-order valence-electron chi connectivity index (χ0n) is 22.0. The summed E-state index contributed by atoms with van der Waals surface area (Å²) >= 11 is 12.3. The number of benzene rings is 2. The van der Waals surface area contributed by atoms with Crippen LogP contribution in [0.3, 0.4) is 0 Å². The number of nitrogens with zero attached hydrogens (tertiary/aromatic N) is 2. The summed E-state index contributed by atoms with van der Waals surface area (Å²) < 4.78 is 31.3. The van der Waals surface area contributed by atoms with Crippen LogP contribution < -0.4 is 14.4 Å². The molecule has 0 aliphatic rings. The van der Waals surface area contributed by atoms with Crippen molar-refractivity contribution in [1.29, 1.82) is 0 Å². The van der Waals surface area contributed by atoms with Gasteiger partial charge in [0.25, 0.3) is 0 Å². The van der Waals surface area contributed by atoms with Gasteiger partial charge in [-0.25, -0.2) is 8.42 Å². The highest BCUT2D eigenvalue weighted by molar-refractivity contribution is 7.92. The molecule has 0 radical (unpaired) electrons. The highest BCUT2D eigenvalue weighted by Gasteiger charge is 2.28. The number of anilines is 1. The Hall–Kier alpha value is -2.49. The summed E-state index contributed by atoms with van der Waals surface area (Å²) in [5, 5.41) is 3.71. The quantitative estimate of drug-likeness (QED) is 0.414. The predicted molar refractivity (Wildman–Crippen MR) is 149 cm³/mol. The lowest BCUT2D eigenvalue weighted by atomic mass is 10.1. The average Bonchev–Trinajstić information content (AvgIpc) is 2.77. The number of hydrogen-bond acceptors (Lipinski definition) is 5. The number of nitrogens with one attached hydrogen (secondary N) is 1. The number of carbonyl (C=O) groups excluding carboxylic acids is 2. The monoisotopic (exact) mass is 571 g/mol. The molecule has 0 bridgehead atoms. The standard InChI is InChI=1S/C26H35Cl2N3O5S/c1-18(25(33)29-26(2,3)4)30(17-19-9-7-10-20(27)15-19)24(32)11-8-14-31(37(6,34)35)21-12-13-23(36-5)22(28)16-21/h7,9-10,12-13,15-16,18H,8,11,14,17H2,1-6H3,(H,29,33)/t18-/m0/s1. The first kappa shape index (κ1) is 30.7. The Bertz CT molecular complexity index is 1210. The predicted octanol–water partition coefficient (Wildman–Crippen LogP) is 4.88. The third-order valence-electron chi connectivity index (χ3n) is 5.48. The Morgan fingerprint density at radius 3 is 2.32 bits per heavy atom. The molecule has 0 heterocycles. The van der Waals surface area contributed by atoms with Crippen molar-refractivity contribution >= 4 is 50.7 Å². The van der Waals surface area contributed by atoms with Crippen LogP contribution in [0, 0.1) is 0 Å². The molecule has 0 aromatic heterocycles. The topological polar surface area (TPSA) is 96.0 Å². The second-order valence-corrected chi connectivity index (χ2v) is 12.6. The highest BCUT2D eigenvalue weighted by atomic mass is 35.5. The van der Waals surface area contributed by atoms with Gasteiger partial charge >= 0.3 is 0 Å². The maximum atomic E-state index is 13.4. The molecule has 1 N–H and O–H groups in total. The van der Waals surface area contributed by atoms with Crippen molar-refractivity contribution in [2.45, 2.75) is 58.7 Å². The summed E-state index contributed by atoms with van der Waals surface area (Å²) in [7, 11) is -2.17. The molecule has 2 aromatic carbocycles. The highest BCUT2D eigenvalue weighted by Crippen LogP contribution is 2.30. The molecule has 1 atom stereocenters. The minimum atomic E-state index is -3.65. The zero-order chi connectivity index (χ0) is 28.0. The van der Waals surface area contributed by atoms with E-state index in [1.165, 1.54) is 22.4 Å². The van der Waals surface area contributed by atoms with E-state index in [1.54, 1.807) is 37.3 Å². The van der Waals surface area contributed by atoms with Crippen LogP contribution in [0.5, 0.6) is 5.75 Å². The molecule has 0 fully saturated rings. The van der Waals surface area contributed by atoms with E-state index < -0.39 is 21.6 Å². The minimum Gasteiger partial charge on any atom is -0.495 e. The Morgan fingerprint density at radius 2 is 1.78 bits per heavy atom. The smallest absolute Gasteiger partial charge is 0.242 e. The number of hydrogen-bond donors (Lipinski definition) is 1. The van der Waals surface area contributed by atoms with E-state index in [2.05, 4.69) is 5.32 Å². The Morgan fingerprint density at radius 1 is 1.11 bits per heavy atom. The Kier molecular flexibility index (Phi) is 10.7. The van der Waals surface area contributed by atoms with Crippen LogP contribution in [0.25, 0.3) is 0 Å². The molecule has 0 aliphatic carbocycles. The third kappa shape index (κ3) is 9.39. The number of carbonyl (C=O) groups is 2. The van der Waals surface area contributed by atoms with Crippen LogP contribution in [0.1, 0.15) is 46.1 Å². The summed E-state index contributed by atoms with van der Waals surface area (Å²) in [6.07, 6.45) is 1.36. The number of ether oxygens (including phenoxy) is 1. The molecule has 0 spiro atoms. The lowest BCUT2D eigenvalue weighted by molar-refractivity contribution is -0.141. The molecular weight excluding hydrogens is 537 g/mol. The fourth-order valence-corrected chi connectivity index (χ4v) is 5.13. The maximum absolute atomic E-state index is 13.4. The molecular formula is C26H35Cl2N3O5S. The fraction of sp³-hybridized carbons (Fsp3) is 0.462. The van der Waals surface area contributed by atoms with Gasteiger partial charge in [0.05, 0.1) is 24.1 Å². The zero-order valence-corrected chi connectivity index (χ0v) is 24.4. The molecule has 37 heavy (non-hydrogen) atoms. The molecule has 0 aliphatic heterocycles. The van der Waals surface area contributed by atoms with Gasteiger partial charge in [-0.3, -0.25) is 13.9 Å². The summed E-state index contributed by atoms with van der Waals surface area (Å²) in [6, 6.07) is 11.0. The number of methoxy groups -OCH3 is 1. The summed E-state index contributed by atoms with van der Waals surface area (Å²) in [6.45, 7) is 7.51. The van der Waals surface area contributed by atoms with Gasteiger partial charge in [-0.15, -0.1) is 0 Å². The van der Waals surface area contributed by atoms with Gasteiger partial charge in [-0.2, -0.15) is 0 Å². The average molecular weight is 573 g/mol. The maximum Gasteiger partial charge on any atom is 0.242 e. The van der Waals surface area contributed by atoms with Crippen molar-refractivity contribution in [3.05, 3.63) is 58.1 Å². The van der Waals surface area contributed by atoms with E-state index in [9.17, 15) is 18.0 Å². The first-order valence-corrected chi connectivity index (χ1v) is 14.4. The number of rotatable bonds is 11. The van der Waals surface area contributed by atoms with Gasteiger partial charge in [0.1, 0.15) is 11.8 Å². The van der Waals surface area contributed by atoms with Crippen LogP contribution >= 0.6 is 23.2 Å². The molecule has 2 rings (SSSR count). The van der Waals surface area contributed by atoms with Crippen molar-refractivity contribution in [3.8, 4) is 5.75 Å². The largest absolute Gasteiger partial charge is 0.495 e. The summed E-state index contributed by atoms with van der Waals surface area (Å²) in [5.41, 5.74) is 0.683. The van der Waals surface area contributed by atoms with Crippen LogP contribution in [-0.2, 0) is 26.2 Å². The second-order valence-electron chi connectivity index (χ2n) is 9.82. The number of amides is 2. The lowest BCUT2D eigenvalue weighted by Crippen LogP contribution is -2.52. The Labute approximate surface area is 229 Å². The fourth-order valence-electron chi connectivity index (χ4n) is 3.70. The van der Waals surface area contributed by atoms with Crippen molar-refractivity contribution in [3.63, 3.8) is 0 Å². The minimum absolute atomic E-state index is 0.0314. The van der Waals surface area contributed by atoms with Gasteiger partial charge in [0.15, 0.2) is 0 Å². The second kappa shape index (κ2) is 12.8. The molecule has 0 saturated carbocycles. The first-order valence-electron chi connectivity index (χ1n) is 11.8. The summed E-state index contributed by atoms with van der Waals surface area (Å²) in [4.78, 5) is 27.7. The van der Waals surface area contributed by atoms with E-state index in [0.717, 1.165) is 11.8 Å². The number of sulfonamides is 1. The van der Waals surface area contributed by atoms with Gasteiger partial charge in [0.2, 0.25) is 21.8 Å². The third-order valence-corrected chi connectivity index (χ3v) is 7.21. The van der Waals surface area contributed by atoms with Crippen molar-refractivity contribution in [2.24, 2.45) is 0 Å². The molecule has 11 heteroatoms. The lowest BCUT2D eigenvalue weighted by Gasteiger charge is -2.32. The molecule has 2 aromatic rings. The van der Waals surface area contributed by atoms with E-state index in [4.69, 9.17) is 27.9 Å². The van der Waals surface area contributed by atoms with E-state index in [-0.39, 0.29) is 42.8 Å². The van der Waals surface area contributed by atoms with Crippen LogP contribution in [0.15, 0.2) is 42.5 Å². The molecule has 0 saturated heterocycles. The molecule has 0 unspecified atom stereocenters. The first-order chi connectivity index (χ1) is 17.1. The SMILES string of the molecule is COc1ccc(N(CCCC(=O)N(Cc2cccc(Cl)c2)[C@@H](C)C(=O)NC(C)(C)C)S(C)(=O)=O)cc1Cl. The van der Waals surface area contributed by atoms with Gasteiger partial charge in [-0.05, 0) is 70.0 Å². The molecule has 8 nitrogen and oxygen atoms in total. The molecule has 2 amide bonds. The van der Waals surface area contributed by atoms with Gasteiger partial charge in [-0.1, -0.05) is 35.3 Å². The van der Waals surface area contributed by atoms with Crippen LogP contribution in [0.4, 0.5) is 5.69 Å². The summed E-state index contributed by atoms with van der Waals surface area (Å²) in [5.74, 6) is -0.139. The van der Waals surface area contributed by atoms with Crippen molar-refractivity contribution in [2.75, 3.05) is 24.2 Å². The van der Waals surface area contributed by atoms with E-state index in [0.29, 0.717) is 16.5 Å². The van der Waals surface area contributed by atoms with Crippen LogP contribution in [-0.4, -0.2) is 56.6 Å². The Balaban J connectivity index is 2.21. The normalized spacial score (nSPS) is 12.5. The van der Waals surface area contributed by atoms with Gasteiger partial charge < -0.3 is 15.0 Å². The molecule has 204 valence electrons. The number of halogens is 2. The van der Waals surface area contributed by atoms with E-state index >= 15 is 0 Å². The van der Waals surface area contributed by atoms with Gasteiger partial charge in [0, 0.05) is 30.1 Å². The van der Waals surface area contributed by atoms with Crippen LogP contribution in [0.2, 0.25) is 10.0 Å². The van der Waals surface area contributed by atoms with Crippen molar-refractivity contribution in [1.82, 2.24) is 10.2 Å². The van der Waals surface area contributed by atoms with Crippen molar-refractivity contribution < 1.29 is 22.7 Å².